The molecular weight excluding hydrogens is 402 g/mol. The van der Waals surface area contributed by atoms with Crippen LogP contribution >= 0.6 is 0 Å². The van der Waals surface area contributed by atoms with E-state index in [9.17, 15) is 18.7 Å². The van der Waals surface area contributed by atoms with E-state index in [0.29, 0.717) is 30.0 Å². The molecule has 3 N–H and O–H groups in total. The number of anilines is 2. The Kier molecular flexibility index (Phi) is 6.39. The summed E-state index contributed by atoms with van der Waals surface area (Å²) >= 11 is 0. The molecule has 162 valence electrons. The Labute approximate surface area is 178 Å². The molecule has 1 saturated heterocycles. The standard InChI is InChI=1S/C23H24F2N4O2/c24-18-11-16(14-30)21(12-19(18)25)27-17-6-9-29(10-7-17)13-22(31)28-20-5-1-3-15-4-2-8-26-23(15)20/h1-5,8,11-12,17,27,30H,6-7,9-10,13-14H2,(H,28,31). The SMILES string of the molecule is O=C(CN1CCC(Nc2cc(F)c(F)cc2CO)CC1)Nc1cccc2cccnc12. The maximum atomic E-state index is 13.6. The third-order valence-electron chi connectivity index (χ3n) is 5.54. The van der Waals surface area contributed by atoms with E-state index in [2.05, 4.69) is 20.5 Å². The van der Waals surface area contributed by atoms with Gasteiger partial charge in [-0.1, -0.05) is 18.2 Å². The van der Waals surface area contributed by atoms with Crippen LogP contribution in [0.4, 0.5) is 20.2 Å². The Hall–Kier alpha value is -3.10. The van der Waals surface area contributed by atoms with Gasteiger partial charge in [-0.05, 0) is 31.0 Å². The summed E-state index contributed by atoms with van der Waals surface area (Å²) in [4.78, 5) is 19.0. The van der Waals surface area contributed by atoms with Crippen molar-refractivity contribution in [2.75, 3.05) is 30.3 Å². The maximum Gasteiger partial charge on any atom is 0.238 e. The lowest BCUT2D eigenvalue weighted by Crippen LogP contribution is -2.42. The molecule has 0 aliphatic carbocycles. The van der Waals surface area contributed by atoms with Gasteiger partial charge >= 0.3 is 0 Å². The number of rotatable bonds is 6. The van der Waals surface area contributed by atoms with Crippen molar-refractivity contribution in [3.63, 3.8) is 0 Å². The molecule has 1 amide bonds. The van der Waals surface area contributed by atoms with Crippen LogP contribution in [0, 0.1) is 11.6 Å². The lowest BCUT2D eigenvalue weighted by Gasteiger charge is -2.32. The van der Waals surface area contributed by atoms with Gasteiger partial charge in [0.2, 0.25) is 5.91 Å². The fourth-order valence-electron chi connectivity index (χ4n) is 3.91. The quantitative estimate of drug-likeness (QED) is 0.562. The molecule has 3 aromatic rings. The number of benzene rings is 2. The molecule has 1 aliphatic heterocycles. The zero-order chi connectivity index (χ0) is 21.8. The minimum absolute atomic E-state index is 0.0525. The Morgan fingerprint density at radius 1 is 1.10 bits per heavy atom. The number of hydrogen-bond donors (Lipinski definition) is 3. The van der Waals surface area contributed by atoms with Gasteiger partial charge in [0.05, 0.1) is 24.4 Å². The summed E-state index contributed by atoms with van der Waals surface area (Å²) in [5.41, 5.74) is 2.17. The van der Waals surface area contributed by atoms with Crippen LogP contribution in [0.1, 0.15) is 18.4 Å². The number of para-hydroxylation sites is 1. The number of halogens is 2. The first-order valence-corrected chi connectivity index (χ1v) is 10.2. The summed E-state index contributed by atoms with van der Waals surface area (Å²) in [5.74, 6) is -2.03. The van der Waals surface area contributed by atoms with Gasteiger partial charge in [-0.15, -0.1) is 0 Å². The minimum atomic E-state index is -0.975. The van der Waals surface area contributed by atoms with E-state index in [0.717, 1.165) is 35.9 Å². The van der Waals surface area contributed by atoms with Crippen LogP contribution in [-0.2, 0) is 11.4 Å². The number of fused-ring (bicyclic) bond motifs is 1. The lowest BCUT2D eigenvalue weighted by atomic mass is 10.0. The van der Waals surface area contributed by atoms with Crippen molar-refractivity contribution in [3.05, 3.63) is 65.9 Å². The van der Waals surface area contributed by atoms with Crippen molar-refractivity contribution in [1.29, 1.82) is 0 Å². The largest absolute Gasteiger partial charge is 0.392 e. The molecule has 1 fully saturated rings. The molecule has 0 bridgehead atoms. The van der Waals surface area contributed by atoms with E-state index in [1.54, 1.807) is 6.20 Å². The average molecular weight is 426 g/mol. The van der Waals surface area contributed by atoms with Crippen molar-refractivity contribution in [3.8, 4) is 0 Å². The number of aliphatic hydroxyl groups excluding tert-OH is 1. The first-order valence-electron chi connectivity index (χ1n) is 10.2. The zero-order valence-electron chi connectivity index (χ0n) is 16.9. The Morgan fingerprint density at radius 2 is 1.84 bits per heavy atom. The highest BCUT2D eigenvalue weighted by atomic mass is 19.2. The van der Waals surface area contributed by atoms with E-state index in [-0.39, 0.29) is 25.1 Å². The molecule has 0 atom stereocenters. The van der Waals surface area contributed by atoms with Crippen LogP contribution < -0.4 is 10.6 Å². The predicted molar refractivity (Wildman–Crippen MR) is 116 cm³/mol. The molecule has 0 radical (unpaired) electrons. The molecule has 6 nitrogen and oxygen atoms in total. The van der Waals surface area contributed by atoms with Gasteiger partial charge < -0.3 is 15.7 Å². The number of aliphatic hydroxyl groups is 1. The number of carbonyl (C=O) groups excluding carboxylic acids is 1. The number of likely N-dealkylation sites (tertiary alicyclic amines) is 1. The summed E-state index contributed by atoms with van der Waals surface area (Å²) in [6.07, 6.45) is 3.19. The molecule has 0 saturated carbocycles. The second kappa shape index (κ2) is 9.36. The van der Waals surface area contributed by atoms with Crippen LogP contribution in [0.2, 0.25) is 0 Å². The smallest absolute Gasteiger partial charge is 0.238 e. The van der Waals surface area contributed by atoms with Crippen molar-refractivity contribution in [2.45, 2.75) is 25.5 Å². The summed E-state index contributed by atoms with van der Waals surface area (Å²) < 4.78 is 27.0. The van der Waals surface area contributed by atoms with Crippen molar-refractivity contribution < 1.29 is 18.7 Å². The minimum Gasteiger partial charge on any atom is -0.392 e. The number of amides is 1. The maximum absolute atomic E-state index is 13.6. The number of piperidine rings is 1. The Balaban J connectivity index is 1.31. The van der Waals surface area contributed by atoms with Crippen LogP contribution in [0.15, 0.2) is 48.7 Å². The highest BCUT2D eigenvalue weighted by Crippen LogP contribution is 2.24. The van der Waals surface area contributed by atoms with Gasteiger partial charge in [-0.25, -0.2) is 8.78 Å². The van der Waals surface area contributed by atoms with E-state index in [1.807, 2.05) is 30.3 Å². The van der Waals surface area contributed by atoms with E-state index in [1.165, 1.54) is 0 Å². The van der Waals surface area contributed by atoms with E-state index in [4.69, 9.17) is 0 Å². The Bertz CT molecular complexity index is 1080. The third kappa shape index (κ3) is 4.98. The molecular formula is C23H24F2N4O2. The fraction of sp³-hybridized carbons (Fsp3) is 0.304. The van der Waals surface area contributed by atoms with Crippen molar-refractivity contribution in [1.82, 2.24) is 9.88 Å². The van der Waals surface area contributed by atoms with Gasteiger partial charge in [-0.2, -0.15) is 0 Å². The molecule has 8 heteroatoms. The normalized spacial score (nSPS) is 15.2. The van der Waals surface area contributed by atoms with Gasteiger partial charge in [0, 0.05) is 48.0 Å². The average Bonchev–Trinajstić information content (AvgIpc) is 2.77. The second-order valence-electron chi connectivity index (χ2n) is 7.71. The number of pyridine rings is 1. The van der Waals surface area contributed by atoms with Gasteiger partial charge in [0.25, 0.3) is 0 Å². The fourth-order valence-corrected chi connectivity index (χ4v) is 3.91. The summed E-state index contributed by atoms with van der Waals surface area (Å²) in [5, 5.41) is 16.5. The lowest BCUT2D eigenvalue weighted by molar-refractivity contribution is -0.117. The number of nitrogens with one attached hydrogen (secondary N) is 2. The molecule has 31 heavy (non-hydrogen) atoms. The Morgan fingerprint density at radius 3 is 2.61 bits per heavy atom. The van der Waals surface area contributed by atoms with Crippen LogP contribution in [-0.4, -0.2) is 46.6 Å². The predicted octanol–water partition coefficient (Wildman–Crippen LogP) is 3.52. The van der Waals surface area contributed by atoms with Gasteiger partial charge in [-0.3, -0.25) is 14.7 Å². The summed E-state index contributed by atoms with van der Waals surface area (Å²) in [6.45, 7) is 1.28. The first-order chi connectivity index (χ1) is 15.0. The molecule has 1 aromatic heterocycles. The molecule has 2 aromatic carbocycles. The molecule has 0 spiro atoms. The highest BCUT2D eigenvalue weighted by molar-refractivity contribution is 6.00. The monoisotopic (exact) mass is 426 g/mol. The van der Waals surface area contributed by atoms with Crippen LogP contribution in [0.25, 0.3) is 10.9 Å². The van der Waals surface area contributed by atoms with Crippen molar-refractivity contribution >= 4 is 28.2 Å². The summed E-state index contributed by atoms with van der Waals surface area (Å²) in [7, 11) is 0. The molecule has 0 unspecified atom stereocenters. The number of aromatic nitrogens is 1. The van der Waals surface area contributed by atoms with Gasteiger partial charge in [0.15, 0.2) is 11.6 Å². The van der Waals surface area contributed by atoms with E-state index < -0.39 is 11.6 Å². The molecule has 2 heterocycles. The number of nitrogens with zero attached hydrogens (tertiary/aromatic N) is 2. The second-order valence-corrected chi connectivity index (χ2v) is 7.71. The highest BCUT2D eigenvalue weighted by Gasteiger charge is 2.22. The number of carbonyl (C=O) groups is 1. The molecule has 1 aliphatic rings. The summed E-state index contributed by atoms with van der Waals surface area (Å²) in [6, 6.07) is 11.6. The third-order valence-corrected chi connectivity index (χ3v) is 5.54. The first kappa shape index (κ1) is 21.1. The van der Waals surface area contributed by atoms with Crippen molar-refractivity contribution in [2.24, 2.45) is 0 Å². The number of hydrogen-bond acceptors (Lipinski definition) is 5. The van der Waals surface area contributed by atoms with Crippen LogP contribution in [0.3, 0.4) is 0 Å². The van der Waals surface area contributed by atoms with E-state index >= 15 is 0 Å². The zero-order valence-corrected chi connectivity index (χ0v) is 16.9. The van der Waals surface area contributed by atoms with Crippen LogP contribution in [0.5, 0.6) is 0 Å². The topological polar surface area (TPSA) is 77.5 Å². The molecule has 4 rings (SSSR count). The van der Waals surface area contributed by atoms with Gasteiger partial charge in [0.1, 0.15) is 0 Å².